The van der Waals surface area contributed by atoms with Crippen LogP contribution in [0, 0.1) is 30.1 Å². The third-order valence-electron chi connectivity index (χ3n) is 3.06. The summed E-state index contributed by atoms with van der Waals surface area (Å²) < 4.78 is 10.4. The van der Waals surface area contributed by atoms with Gasteiger partial charge in [-0.25, -0.2) is 0 Å². The number of nitrogens with zero attached hydrogens (tertiary/aromatic N) is 1. The summed E-state index contributed by atoms with van der Waals surface area (Å²) in [5, 5.41) is 9.15. The van der Waals surface area contributed by atoms with E-state index in [0.29, 0.717) is 17.1 Å². The van der Waals surface area contributed by atoms with Crippen LogP contribution >= 0.6 is 0 Å². The minimum absolute atomic E-state index is 0.0382. The molecule has 0 N–H and O–H groups in total. The van der Waals surface area contributed by atoms with E-state index in [4.69, 9.17) is 14.7 Å². The molecule has 0 amide bonds. The van der Waals surface area contributed by atoms with Crippen molar-refractivity contribution in [2.24, 2.45) is 11.8 Å². The summed E-state index contributed by atoms with van der Waals surface area (Å²) in [5.74, 6) is 0.172. The van der Waals surface area contributed by atoms with Gasteiger partial charge in [-0.05, 0) is 24.5 Å². The Labute approximate surface area is 113 Å². The second-order valence-electron chi connectivity index (χ2n) is 4.74. The third kappa shape index (κ3) is 3.05. The van der Waals surface area contributed by atoms with Crippen LogP contribution in [0.1, 0.15) is 29.8 Å². The Morgan fingerprint density at radius 2 is 1.89 bits per heavy atom. The molecule has 0 bridgehead atoms. The zero-order valence-corrected chi connectivity index (χ0v) is 12.0. The van der Waals surface area contributed by atoms with E-state index in [1.807, 2.05) is 20.8 Å². The van der Waals surface area contributed by atoms with Crippen molar-refractivity contribution in [1.29, 1.82) is 5.26 Å². The fourth-order valence-corrected chi connectivity index (χ4v) is 1.98. The monoisotopic (exact) mass is 261 g/mol. The molecule has 0 aliphatic rings. The third-order valence-corrected chi connectivity index (χ3v) is 3.06. The van der Waals surface area contributed by atoms with Gasteiger partial charge in [0.05, 0.1) is 25.9 Å². The Balaban J connectivity index is 3.34. The zero-order chi connectivity index (χ0) is 14.6. The summed E-state index contributed by atoms with van der Waals surface area (Å²) in [6.45, 7) is 5.53. The van der Waals surface area contributed by atoms with Gasteiger partial charge in [0.15, 0.2) is 5.78 Å². The highest BCUT2D eigenvalue weighted by molar-refractivity contribution is 6.03. The van der Waals surface area contributed by atoms with Crippen LogP contribution < -0.4 is 9.47 Å². The number of rotatable bonds is 5. The molecule has 1 unspecified atom stereocenters. The molecule has 0 aliphatic carbocycles. The number of hydrogen-bond acceptors (Lipinski definition) is 4. The van der Waals surface area contributed by atoms with Crippen molar-refractivity contribution in [3.8, 4) is 17.6 Å². The van der Waals surface area contributed by atoms with Gasteiger partial charge < -0.3 is 9.47 Å². The molecule has 1 aromatic rings. The Kier molecular flexibility index (Phi) is 4.94. The number of carbonyl (C=O) groups excluding carboxylic acids is 1. The van der Waals surface area contributed by atoms with Crippen LogP contribution in [0.5, 0.6) is 11.5 Å². The molecule has 19 heavy (non-hydrogen) atoms. The molecular formula is C15H19NO3. The Hall–Kier alpha value is -2.02. The highest BCUT2D eigenvalue weighted by Crippen LogP contribution is 2.31. The van der Waals surface area contributed by atoms with Gasteiger partial charge in [-0.2, -0.15) is 5.26 Å². The first-order valence-electron chi connectivity index (χ1n) is 6.12. The van der Waals surface area contributed by atoms with Crippen molar-refractivity contribution in [3.63, 3.8) is 0 Å². The average molecular weight is 261 g/mol. The van der Waals surface area contributed by atoms with Crippen LogP contribution in [0.25, 0.3) is 0 Å². The predicted octanol–water partition coefficient (Wildman–Crippen LogP) is 2.99. The normalized spacial score (nSPS) is 11.8. The number of hydrogen-bond donors (Lipinski definition) is 0. The van der Waals surface area contributed by atoms with E-state index in [0.717, 1.165) is 5.56 Å². The molecular weight excluding hydrogens is 242 g/mol. The van der Waals surface area contributed by atoms with Crippen molar-refractivity contribution in [1.82, 2.24) is 0 Å². The number of ether oxygens (including phenoxy) is 2. The zero-order valence-electron chi connectivity index (χ0n) is 12.0. The van der Waals surface area contributed by atoms with Crippen molar-refractivity contribution < 1.29 is 14.3 Å². The van der Waals surface area contributed by atoms with Gasteiger partial charge in [-0.15, -0.1) is 0 Å². The topological polar surface area (TPSA) is 59.3 Å². The van der Waals surface area contributed by atoms with Crippen molar-refractivity contribution >= 4 is 5.78 Å². The van der Waals surface area contributed by atoms with Gasteiger partial charge in [0.2, 0.25) is 0 Å². The van der Waals surface area contributed by atoms with E-state index in [2.05, 4.69) is 6.07 Å². The summed E-state index contributed by atoms with van der Waals surface area (Å²) in [5.41, 5.74) is 1.21. The molecule has 0 saturated carbocycles. The second-order valence-corrected chi connectivity index (χ2v) is 4.74. The smallest absolute Gasteiger partial charge is 0.184 e. The Bertz CT molecular complexity index is 515. The molecule has 4 nitrogen and oxygen atoms in total. The lowest BCUT2D eigenvalue weighted by molar-refractivity contribution is 0.0920. The van der Waals surface area contributed by atoms with Crippen molar-refractivity contribution in [3.05, 3.63) is 23.3 Å². The lowest BCUT2D eigenvalue weighted by atomic mass is 9.87. The average Bonchev–Trinajstić information content (AvgIpc) is 2.37. The number of ketones is 1. The number of Topliss-reactive ketones (excluding diaryl/α,β-unsaturated/α-hetero) is 1. The maximum Gasteiger partial charge on any atom is 0.184 e. The largest absolute Gasteiger partial charge is 0.497 e. The van der Waals surface area contributed by atoms with Gasteiger partial charge in [-0.1, -0.05) is 13.8 Å². The minimum atomic E-state index is -0.666. The Morgan fingerprint density at radius 1 is 1.26 bits per heavy atom. The first-order valence-corrected chi connectivity index (χ1v) is 6.12. The van der Waals surface area contributed by atoms with Crippen LogP contribution in [0.2, 0.25) is 0 Å². The number of carbonyl (C=O) groups is 1. The Morgan fingerprint density at radius 3 is 2.32 bits per heavy atom. The SMILES string of the molecule is COc1cc(C)c(C(=O)C(C#N)C(C)C)c(OC)c1. The molecule has 1 rings (SSSR count). The van der Waals surface area contributed by atoms with Gasteiger partial charge in [0.1, 0.15) is 17.4 Å². The summed E-state index contributed by atoms with van der Waals surface area (Å²) >= 11 is 0. The maximum atomic E-state index is 12.5. The highest BCUT2D eigenvalue weighted by Gasteiger charge is 2.27. The molecule has 4 heteroatoms. The van der Waals surface area contributed by atoms with Gasteiger partial charge in [-0.3, -0.25) is 4.79 Å². The van der Waals surface area contributed by atoms with E-state index < -0.39 is 5.92 Å². The second kappa shape index (κ2) is 6.24. The predicted molar refractivity (Wildman–Crippen MR) is 72.6 cm³/mol. The van der Waals surface area contributed by atoms with E-state index in [1.54, 1.807) is 19.2 Å². The maximum absolute atomic E-state index is 12.5. The molecule has 0 spiro atoms. The van der Waals surface area contributed by atoms with E-state index in [1.165, 1.54) is 7.11 Å². The van der Waals surface area contributed by atoms with E-state index in [-0.39, 0.29) is 11.7 Å². The fraction of sp³-hybridized carbons (Fsp3) is 0.467. The van der Waals surface area contributed by atoms with Crippen LogP contribution in [-0.4, -0.2) is 20.0 Å². The molecule has 0 aliphatic heterocycles. The lowest BCUT2D eigenvalue weighted by Crippen LogP contribution is -2.20. The fourth-order valence-electron chi connectivity index (χ4n) is 1.98. The molecule has 0 saturated heterocycles. The number of benzene rings is 1. The summed E-state index contributed by atoms with van der Waals surface area (Å²) in [7, 11) is 3.06. The van der Waals surface area contributed by atoms with Crippen LogP contribution in [0.3, 0.4) is 0 Å². The molecule has 102 valence electrons. The molecule has 1 aromatic carbocycles. The minimum Gasteiger partial charge on any atom is -0.497 e. The van der Waals surface area contributed by atoms with Crippen molar-refractivity contribution in [2.75, 3.05) is 14.2 Å². The van der Waals surface area contributed by atoms with Crippen LogP contribution in [-0.2, 0) is 0 Å². The summed E-state index contributed by atoms with van der Waals surface area (Å²) in [6, 6.07) is 5.50. The van der Waals surface area contributed by atoms with E-state index in [9.17, 15) is 4.79 Å². The molecule has 0 aromatic heterocycles. The quantitative estimate of drug-likeness (QED) is 0.764. The summed E-state index contributed by atoms with van der Waals surface area (Å²) in [4.78, 5) is 12.5. The van der Waals surface area contributed by atoms with Crippen molar-refractivity contribution in [2.45, 2.75) is 20.8 Å². The number of aryl methyl sites for hydroxylation is 1. The van der Waals surface area contributed by atoms with Gasteiger partial charge in [0, 0.05) is 6.07 Å². The molecule has 0 heterocycles. The molecule has 1 atom stereocenters. The van der Waals surface area contributed by atoms with Crippen LogP contribution in [0.15, 0.2) is 12.1 Å². The lowest BCUT2D eigenvalue weighted by Gasteiger charge is -2.17. The standard InChI is InChI=1S/C15H19NO3/c1-9(2)12(8-16)15(17)14-10(3)6-11(18-4)7-13(14)19-5/h6-7,9,12H,1-5H3. The van der Waals surface area contributed by atoms with E-state index >= 15 is 0 Å². The van der Waals surface area contributed by atoms with Gasteiger partial charge in [0.25, 0.3) is 0 Å². The summed E-state index contributed by atoms with van der Waals surface area (Å²) in [6.07, 6.45) is 0. The first kappa shape index (κ1) is 15.0. The van der Waals surface area contributed by atoms with Crippen LogP contribution in [0.4, 0.5) is 0 Å². The first-order chi connectivity index (χ1) is 8.96. The highest BCUT2D eigenvalue weighted by atomic mass is 16.5. The number of methoxy groups -OCH3 is 2. The molecule has 0 radical (unpaired) electrons. The number of nitriles is 1. The molecule has 0 fully saturated rings. The van der Waals surface area contributed by atoms with Gasteiger partial charge >= 0.3 is 0 Å².